The molecule has 2 N–H and O–H groups in total. The maximum absolute atomic E-state index is 12.4. The van der Waals surface area contributed by atoms with Crippen LogP contribution in [0.4, 0.5) is 22.0 Å². The number of nitrogens with zero attached hydrogens (tertiary/aromatic N) is 1. The average Bonchev–Trinajstić information content (AvgIpc) is 2.08. The summed E-state index contributed by atoms with van der Waals surface area (Å²) < 4.78 is 59.5. The molecular formula is C8H14F5N2O2+. The zero-order valence-corrected chi connectivity index (χ0v) is 9.31. The first-order valence-electron chi connectivity index (χ1n) is 4.66. The van der Waals surface area contributed by atoms with E-state index in [1.807, 2.05) is 0 Å². The highest BCUT2D eigenvalue weighted by Crippen LogP contribution is 2.35. The monoisotopic (exact) mass is 265 g/mol. The van der Waals surface area contributed by atoms with Crippen LogP contribution in [0.1, 0.15) is 6.42 Å². The van der Waals surface area contributed by atoms with E-state index in [2.05, 4.69) is 0 Å². The van der Waals surface area contributed by atoms with Crippen LogP contribution in [0.2, 0.25) is 0 Å². The molecule has 0 aromatic carbocycles. The van der Waals surface area contributed by atoms with Crippen molar-refractivity contribution in [2.24, 2.45) is 0 Å². The van der Waals surface area contributed by atoms with Gasteiger partial charge in [0.05, 0.1) is 14.1 Å². The quantitative estimate of drug-likeness (QED) is 0.339. The van der Waals surface area contributed by atoms with Gasteiger partial charge in [0.15, 0.2) is 0 Å². The number of rotatable bonds is 5. The molecule has 0 rings (SSSR count). The van der Waals surface area contributed by atoms with E-state index < -0.39 is 22.7 Å². The molecule has 0 unspecified atom stereocenters. The fraction of sp³-hybridized carbons (Fsp3) is 0.875. The summed E-state index contributed by atoms with van der Waals surface area (Å²) >= 11 is 0. The molecule has 9 heteroatoms. The minimum Gasteiger partial charge on any atom is -0.350 e. The van der Waals surface area contributed by atoms with Gasteiger partial charge in [0.2, 0.25) is 0 Å². The number of nitrogens with one attached hydrogen (secondary N) is 1. The Morgan fingerprint density at radius 2 is 1.71 bits per heavy atom. The summed E-state index contributed by atoms with van der Waals surface area (Å²) in [5, 5.41) is 10.6. The molecule has 4 nitrogen and oxygen atoms in total. The van der Waals surface area contributed by atoms with Crippen molar-refractivity contribution >= 4 is 5.91 Å². The van der Waals surface area contributed by atoms with Gasteiger partial charge in [0.25, 0.3) is 5.91 Å². The van der Waals surface area contributed by atoms with Gasteiger partial charge in [-0.25, -0.2) is 5.21 Å². The van der Waals surface area contributed by atoms with Crippen LogP contribution in [-0.2, 0) is 4.79 Å². The van der Waals surface area contributed by atoms with Crippen molar-refractivity contribution in [1.29, 1.82) is 0 Å². The van der Waals surface area contributed by atoms with Crippen LogP contribution in [0.25, 0.3) is 0 Å². The van der Waals surface area contributed by atoms with Crippen LogP contribution < -0.4 is 5.32 Å². The Kier molecular flexibility index (Phi) is 4.84. The Hall–Kier alpha value is -0.960. The Bertz CT molecular complexity index is 272. The third kappa shape index (κ3) is 5.26. The third-order valence-corrected chi connectivity index (χ3v) is 1.81. The van der Waals surface area contributed by atoms with E-state index in [9.17, 15) is 26.7 Å². The number of hydrogen-bond acceptors (Lipinski definition) is 2. The zero-order valence-electron chi connectivity index (χ0n) is 9.31. The lowest BCUT2D eigenvalue weighted by atomic mass is 10.3. The number of halogens is 5. The van der Waals surface area contributed by atoms with Gasteiger partial charge in [0.1, 0.15) is 6.54 Å². The molecule has 0 aliphatic rings. The molecule has 0 aromatic rings. The molecule has 0 aliphatic carbocycles. The highest BCUT2D eigenvalue weighted by Gasteiger charge is 2.63. The maximum atomic E-state index is 12.4. The second-order valence-corrected chi connectivity index (χ2v) is 4.03. The number of alkyl halides is 5. The number of quaternary nitrogens is 1. The van der Waals surface area contributed by atoms with Gasteiger partial charge in [-0.2, -0.15) is 26.6 Å². The van der Waals surface area contributed by atoms with Crippen molar-refractivity contribution < 1.29 is 36.6 Å². The maximum Gasteiger partial charge on any atom is 0.463 e. The largest absolute Gasteiger partial charge is 0.463 e. The van der Waals surface area contributed by atoms with Crippen molar-refractivity contribution in [2.75, 3.05) is 27.2 Å². The summed E-state index contributed by atoms with van der Waals surface area (Å²) in [5.41, 5.74) is 0. The summed E-state index contributed by atoms with van der Waals surface area (Å²) in [6.45, 7) is -0.259. The van der Waals surface area contributed by atoms with Crippen molar-refractivity contribution in [2.45, 2.75) is 18.5 Å². The molecule has 17 heavy (non-hydrogen) atoms. The highest BCUT2D eigenvalue weighted by atomic mass is 19.4. The average molecular weight is 265 g/mol. The summed E-state index contributed by atoms with van der Waals surface area (Å²) in [5.74, 6) is -7.77. The number of carbonyl (C=O) groups excluding carboxylic acids is 1. The van der Waals surface area contributed by atoms with Crippen LogP contribution >= 0.6 is 0 Å². The van der Waals surface area contributed by atoms with E-state index >= 15 is 0 Å². The van der Waals surface area contributed by atoms with Gasteiger partial charge in [0, 0.05) is 13.0 Å². The normalized spacial score (nSPS) is 13.6. The Labute approximate surface area is 94.6 Å². The molecule has 0 saturated heterocycles. The molecule has 0 fully saturated rings. The lowest BCUT2D eigenvalue weighted by Crippen LogP contribution is -2.51. The Morgan fingerprint density at radius 3 is 2.06 bits per heavy atom. The molecule has 0 aromatic heterocycles. The van der Waals surface area contributed by atoms with E-state index in [4.69, 9.17) is 5.21 Å². The minimum absolute atomic E-state index is 0.0726. The number of hydroxylamine groups is 3. The van der Waals surface area contributed by atoms with E-state index in [1.54, 1.807) is 0 Å². The SMILES string of the molecule is C[N+](C)(O)CCCNC(=O)C(F)(F)C(F)(F)F. The van der Waals surface area contributed by atoms with E-state index in [1.165, 1.54) is 19.4 Å². The van der Waals surface area contributed by atoms with Crippen LogP contribution in [0.15, 0.2) is 0 Å². The molecule has 0 aliphatic heterocycles. The molecule has 0 bridgehead atoms. The number of amides is 1. The first-order valence-corrected chi connectivity index (χ1v) is 4.66. The minimum atomic E-state index is -5.90. The molecule has 0 atom stereocenters. The molecule has 0 heterocycles. The molecule has 1 amide bonds. The van der Waals surface area contributed by atoms with E-state index in [0.717, 1.165) is 0 Å². The van der Waals surface area contributed by atoms with E-state index in [-0.39, 0.29) is 19.5 Å². The lowest BCUT2D eigenvalue weighted by Gasteiger charge is -2.21. The van der Waals surface area contributed by atoms with Crippen LogP contribution in [0, 0.1) is 0 Å². The fourth-order valence-electron chi connectivity index (χ4n) is 0.908. The smallest absolute Gasteiger partial charge is 0.350 e. The van der Waals surface area contributed by atoms with Gasteiger partial charge in [-0.05, 0) is 0 Å². The van der Waals surface area contributed by atoms with Crippen LogP contribution in [0.3, 0.4) is 0 Å². The lowest BCUT2D eigenvalue weighted by molar-refractivity contribution is -1.07. The Morgan fingerprint density at radius 1 is 1.24 bits per heavy atom. The van der Waals surface area contributed by atoms with Gasteiger partial charge >= 0.3 is 12.1 Å². The van der Waals surface area contributed by atoms with Crippen LogP contribution in [0.5, 0.6) is 0 Å². The molecule has 0 radical (unpaired) electrons. The van der Waals surface area contributed by atoms with Crippen molar-refractivity contribution in [1.82, 2.24) is 5.32 Å². The van der Waals surface area contributed by atoms with Gasteiger partial charge in [-0.3, -0.25) is 4.79 Å². The first-order chi connectivity index (χ1) is 7.38. The molecule has 102 valence electrons. The third-order valence-electron chi connectivity index (χ3n) is 1.81. The van der Waals surface area contributed by atoms with Gasteiger partial charge in [-0.1, -0.05) is 0 Å². The molecular weight excluding hydrogens is 251 g/mol. The molecule has 0 spiro atoms. The second kappa shape index (κ2) is 5.13. The topological polar surface area (TPSA) is 49.3 Å². The zero-order chi connectivity index (χ0) is 13.9. The molecule has 0 saturated carbocycles. The van der Waals surface area contributed by atoms with E-state index in [0.29, 0.717) is 0 Å². The Balaban J connectivity index is 4.12. The summed E-state index contributed by atoms with van der Waals surface area (Å²) in [6, 6.07) is 0. The summed E-state index contributed by atoms with van der Waals surface area (Å²) in [7, 11) is 2.79. The van der Waals surface area contributed by atoms with Gasteiger partial charge < -0.3 is 5.32 Å². The fourth-order valence-corrected chi connectivity index (χ4v) is 0.908. The number of carbonyl (C=O) groups is 1. The van der Waals surface area contributed by atoms with Crippen LogP contribution in [-0.4, -0.2) is 55.0 Å². The predicted octanol–water partition coefficient (Wildman–Crippen LogP) is 1.16. The van der Waals surface area contributed by atoms with Crippen molar-refractivity contribution in [3.05, 3.63) is 0 Å². The van der Waals surface area contributed by atoms with Gasteiger partial charge in [-0.15, -0.1) is 0 Å². The highest BCUT2D eigenvalue weighted by molar-refractivity contribution is 5.84. The van der Waals surface area contributed by atoms with Crippen molar-refractivity contribution in [3.63, 3.8) is 0 Å². The second-order valence-electron chi connectivity index (χ2n) is 4.03. The number of hydrogen-bond donors (Lipinski definition) is 2. The van der Waals surface area contributed by atoms with Crippen molar-refractivity contribution in [3.8, 4) is 0 Å². The first kappa shape index (κ1) is 16.0. The standard InChI is InChI=1S/C8H13F5N2O2/c1-15(2,17)5-3-4-14-6(16)7(9,10)8(11,12)13/h17H,3-5H2,1-2H3/p+1. The summed E-state index contributed by atoms with van der Waals surface area (Å²) in [6.07, 6.45) is -5.83. The predicted molar refractivity (Wildman–Crippen MR) is 47.4 cm³/mol. The summed E-state index contributed by atoms with van der Waals surface area (Å²) in [4.78, 5) is 10.6.